The molecular formula is C17H17F3N2O. The Morgan fingerprint density at radius 3 is 2.74 bits per heavy atom. The Hall–Kier alpha value is -2.24. The zero-order valence-electron chi connectivity index (χ0n) is 12.5. The Kier molecular flexibility index (Phi) is 4.15. The van der Waals surface area contributed by atoms with Crippen molar-refractivity contribution in [3.05, 3.63) is 42.7 Å². The Balaban J connectivity index is 1.91. The van der Waals surface area contributed by atoms with Crippen LogP contribution in [0, 0.1) is 5.92 Å². The van der Waals surface area contributed by atoms with Crippen molar-refractivity contribution in [1.82, 2.24) is 9.78 Å². The first-order chi connectivity index (χ1) is 10.9. The van der Waals surface area contributed by atoms with Crippen LogP contribution in [-0.2, 0) is 6.54 Å². The summed E-state index contributed by atoms with van der Waals surface area (Å²) in [6.45, 7) is 4.45. The second-order valence-electron chi connectivity index (χ2n) is 5.76. The molecule has 0 radical (unpaired) electrons. The summed E-state index contributed by atoms with van der Waals surface area (Å²) in [5, 5.41) is 4.26. The fourth-order valence-electron chi connectivity index (χ4n) is 2.66. The smallest absolute Gasteiger partial charge is 0.405 e. The molecule has 1 heterocycles. The van der Waals surface area contributed by atoms with Crippen molar-refractivity contribution in [3.63, 3.8) is 0 Å². The fourth-order valence-corrected chi connectivity index (χ4v) is 2.66. The second-order valence-corrected chi connectivity index (χ2v) is 5.76. The maximum atomic E-state index is 12.6. The minimum Gasteiger partial charge on any atom is -0.405 e. The van der Waals surface area contributed by atoms with Crippen LogP contribution in [0.3, 0.4) is 0 Å². The second kappa shape index (κ2) is 6.10. The van der Waals surface area contributed by atoms with Gasteiger partial charge in [-0.2, -0.15) is 5.10 Å². The van der Waals surface area contributed by atoms with Crippen LogP contribution < -0.4 is 4.74 Å². The van der Waals surface area contributed by atoms with Crippen molar-refractivity contribution in [2.75, 3.05) is 0 Å². The molecule has 0 atom stereocenters. The summed E-state index contributed by atoms with van der Waals surface area (Å²) in [5.74, 6) is 0.388. The summed E-state index contributed by atoms with van der Waals surface area (Å²) >= 11 is 0. The van der Waals surface area contributed by atoms with E-state index in [1.807, 2.05) is 0 Å². The molecular weight excluding hydrogens is 305 g/mol. The van der Waals surface area contributed by atoms with E-state index in [0.717, 1.165) is 12.1 Å². The van der Waals surface area contributed by atoms with E-state index in [0.29, 0.717) is 17.0 Å². The highest BCUT2D eigenvalue weighted by Gasteiger charge is 2.32. The van der Waals surface area contributed by atoms with Crippen molar-refractivity contribution in [2.45, 2.75) is 32.2 Å². The minimum atomic E-state index is -4.73. The van der Waals surface area contributed by atoms with E-state index in [-0.39, 0.29) is 5.75 Å². The first-order valence-electron chi connectivity index (χ1n) is 7.49. The zero-order valence-corrected chi connectivity index (χ0v) is 12.5. The molecule has 6 heteroatoms. The normalized spacial score (nSPS) is 15.3. The van der Waals surface area contributed by atoms with Gasteiger partial charge in [-0.25, -0.2) is 0 Å². The number of nitrogens with zero attached hydrogens (tertiary/aromatic N) is 2. The molecule has 0 bridgehead atoms. The van der Waals surface area contributed by atoms with Gasteiger partial charge in [0.05, 0.1) is 6.20 Å². The molecule has 1 aliphatic carbocycles. The lowest BCUT2D eigenvalue weighted by molar-refractivity contribution is -0.274. The summed E-state index contributed by atoms with van der Waals surface area (Å²) in [6.07, 6.45) is 3.80. The van der Waals surface area contributed by atoms with Crippen molar-refractivity contribution in [2.24, 2.45) is 5.92 Å². The summed E-state index contributed by atoms with van der Waals surface area (Å²) < 4.78 is 43.7. The predicted octanol–water partition coefficient (Wildman–Crippen LogP) is 4.89. The largest absolute Gasteiger partial charge is 0.573 e. The lowest BCUT2D eigenvalue weighted by Crippen LogP contribution is -2.18. The van der Waals surface area contributed by atoms with Gasteiger partial charge in [0.2, 0.25) is 0 Å². The van der Waals surface area contributed by atoms with Gasteiger partial charge in [-0.1, -0.05) is 25.1 Å². The van der Waals surface area contributed by atoms with E-state index < -0.39 is 6.36 Å². The maximum absolute atomic E-state index is 12.6. The third-order valence-electron chi connectivity index (χ3n) is 4.08. The van der Waals surface area contributed by atoms with Crippen LogP contribution in [0.5, 0.6) is 5.75 Å². The summed E-state index contributed by atoms with van der Waals surface area (Å²) in [5.41, 5.74) is 1.69. The van der Waals surface area contributed by atoms with E-state index in [2.05, 4.69) is 16.4 Å². The Labute approximate surface area is 132 Å². The van der Waals surface area contributed by atoms with Gasteiger partial charge in [-0.15, -0.1) is 13.2 Å². The number of aromatic nitrogens is 2. The first-order valence-corrected chi connectivity index (χ1v) is 7.49. The summed E-state index contributed by atoms with van der Waals surface area (Å²) in [4.78, 5) is 0. The van der Waals surface area contributed by atoms with Crippen LogP contribution >= 0.6 is 0 Å². The number of halogens is 3. The number of alkyl halides is 3. The standard InChI is InChI=1S/C17H17F3N2O/c1-2-12-6-7-16(23-17(18,19)20)15(8-12)14-9-21-22(11-14)10-13-4-3-5-13/h2,6-9,11,13H,1,3-5,10H2. The number of ether oxygens (including phenoxy) is 1. The average Bonchev–Trinajstić information content (AvgIpc) is 2.90. The molecule has 3 nitrogen and oxygen atoms in total. The van der Waals surface area contributed by atoms with Gasteiger partial charge in [0.1, 0.15) is 5.75 Å². The van der Waals surface area contributed by atoms with Gasteiger partial charge in [-0.05, 0) is 36.5 Å². The van der Waals surface area contributed by atoms with Gasteiger partial charge < -0.3 is 4.74 Å². The lowest BCUT2D eigenvalue weighted by atomic mass is 9.85. The van der Waals surface area contributed by atoms with E-state index in [1.54, 1.807) is 29.2 Å². The molecule has 0 unspecified atom stereocenters. The minimum absolute atomic E-state index is 0.230. The van der Waals surface area contributed by atoms with Crippen molar-refractivity contribution >= 4 is 6.08 Å². The summed E-state index contributed by atoms with van der Waals surface area (Å²) in [6, 6.07) is 4.47. The average molecular weight is 322 g/mol. The highest BCUT2D eigenvalue weighted by Crippen LogP contribution is 2.35. The number of benzene rings is 1. The van der Waals surface area contributed by atoms with Gasteiger partial charge >= 0.3 is 6.36 Å². The van der Waals surface area contributed by atoms with E-state index in [9.17, 15) is 13.2 Å². The predicted molar refractivity (Wildman–Crippen MR) is 81.8 cm³/mol. The SMILES string of the molecule is C=Cc1ccc(OC(F)(F)F)c(-c2cnn(CC3CCC3)c2)c1. The van der Waals surface area contributed by atoms with Crippen LogP contribution in [0.4, 0.5) is 13.2 Å². The quantitative estimate of drug-likeness (QED) is 0.783. The molecule has 0 amide bonds. The van der Waals surface area contributed by atoms with Gasteiger partial charge in [-0.3, -0.25) is 4.68 Å². The Morgan fingerprint density at radius 2 is 2.13 bits per heavy atom. The zero-order chi connectivity index (χ0) is 16.4. The Morgan fingerprint density at radius 1 is 1.35 bits per heavy atom. The van der Waals surface area contributed by atoms with E-state index in [1.165, 1.54) is 31.4 Å². The molecule has 122 valence electrons. The third-order valence-corrected chi connectivity index (χ3v) is 4.08. The van der Waals surface area contributed by atoms with E-state index in [4.69, 9.17) is 0 Å². The molecule has 1 aliphatic rings. The van der Waals surface area contributed by atoms with Crippen LogP contribution in [0.15, 0.2) is 37.2 Å². The molecule has 1 fully saturated rings. The molecule has 1 aromatic carbocycles. The number of hydrogen-bond acceptors (Lipinski definition) is 2. The third kappa shape index (κ3) is 3.75. The number of hydrogen-bond donors (Lipinski definition) is 0. The highest BCUT2D eigenvalue weighted by molar-refractivity contribution is 5.72. The monoisotopic (exact) mass is 322 g/mol. The molecule has 0 N–H and O–H groups in total. The molecule has 0 saturated heterocycles. The topological polar surface area (TPSA) is 27.1 Å². The molecule has 0 aliphatic heterocycles. The van der Waals surface area contributed by atoms with Crippen molar-refractivity contribution < 1.29 is 17.9 Å². The molecule has 2 aromatic rings. The lowest BCUT2D eigenvalue weighted by Gasteiger charge is -2.24. The molecule has 23 heavy (non-hydrogen) atoms. The summed E-state index contributed by atoms with van der Waals surface area (Å²) in [7, 11) is 0. The van der Waals surface area contributed by atoms with Crippen LogP contribution in [-0.4, -0.2) is 16.1 Å². The fraction of sp³-hybridized carbons (Fsp3) is 0.353. The van der Waals surface area contributed by atoms with Gasteiger partial charge in [0.15, 0.2) is 0 Å². The van der Waals surface area contributed by atoms with Crippen LogP contribution in [0.2, 0.25) is 0 Å². The molecule has 3 rings (SSSR count). The van der Waals surface area contributed by atoms with Crippen LogP contribution in [0.25, 0.3) is 17.2 Å². The van der Waals surface area contributed by atoms with Crippen LogP contribution in [0.1, 0.15) is 24.8 Å². The highest BCUT2D eigenvalue weighted by atomic mass is 19.4. The number of rotatable bonds is 5. The van der Waals surface area contributed by atoms with E-state index >= 15 is 0 Å². The van der Waals surface area contributed by atoms with Crippen molar-refractivity contribution in [1.29, 1.82) is 0 Å². The molecule has 1 saturated carbocycles. The molecule has 1 aromatic heterocycles. The van der Waals surface area contributed by atoms with Crippen molar-refractivity contribution in [3.8, 4) is 16.9 Å². The Bertz CT molecular complexity index is 702. The first kappa shape index (κ1) is 15.6. The van der Waals surface area contributed by atoms with Gasteiger partial charge in [0, 0.05) is 23.9 Å². The maximum Gasteiger partial charge on any atom is 0.573 e. The van der Waals surface area contributed by atoms with Gasteiger partial charge in [0.25, 0.3) is 0 Å². The molecule has 0 spiro atoms.